The van der Waals surface area contributed by atoms with Crippen LogP contribution in [-0.2, 0) is 4.79 Å². The predicted molar refractivity (Wildman–Crippen MR) is 73.9 cm³/mol. The molecule has 0 saturated heterocycles. The van der Waals surface area contributed by atoms with Crippen LogP contribution in [0, 0.1) is 12.8 Å². The van der Waals surface area contributed by atoms with Crippen molar-refractivity contribution in [2.75, 3.05) is 5.73 Å². The Morgan fingerprint density at radius 2 is 2.05 bits per heavy atom. The van der Waals surface area contributed by atoms with Crippen molar-refractivity contribution in [3.05, 3.63) is 29.3 Å². The Bertz CT molecular complexity index is 486. The SMILES string of the molecule is CCC(C)[C@H](NC(=O)c1cccc(N)c1C)C(=O)O. The van der Waals surface area contributed by atoms with Crippen molar-refractivity contribution in [2.24, 2.45) is 5.92 Å². The molecule has 0 fully saturated rings. The van der Waals surface area contributed by atoms with Gasteiger partial charge in [0.15, 0.2) is 0 Å². The maximum Gasteiger partial charge on any atom is 0.326 e. The molecule has 1 unspecified atom stereocenters. The fourth-order valence-electron chi connectivity index (χ4n) is 1.80. The first-order valence-electron chi connectivity index (χ1n) is 6.27. The van der Waals surface area contributed by atoms with Crippen LogP contribution < -0.4 is 11.1 Å². The Balaban J connectivity index is 2.94. The van der Waals surface area contributed by atoms with Crippen LogP contribution in [0.5, 0.6) is 0 Å². The molecule has 0 aliphatic rings. The number of hydrogen-bond donors (Lipinski definition) is 3. The number of nitrogens with one attached hydrogen (secondary N) is 1. The number of carboxylic acid groups (broad SMARTS) is 1. The maximum absolute atomic E-state index is 12.1. The Morgan fingerprint density at radius 3 is 2.58 bits per heavy atom. The molecule has 19 heavy (non-hydrogen) atoms. The number of amides is 1. The van der Waals surface area contributed by atoms with E-state index in [0.717, 1.165) is 0 Å². The van der Waals surface area contributed by atoms with Crippen molar-refractivity contribution >= 4 is 17.6 Å². The van der Waals surface area contributed by atoms with Gasteiger partial charge in [0.05, 0.1) is 0 Å². The lowest BCUT2D eigenvalue weighted by Crippen LogP contribution is -2.45. The van der Waals surface area contributed by atoms with Crippen LogP contribution in [0.25, 0.3) is 0 Å². The first-order chi connectivity index (χ1) is 8.88. The summed E-state index contributed by atoms with van der Waals surface area (Å²) in [6, 6.07) is 4.13. The largest absolute Gasteiger partial charge is 0.480 e. The molecule has 0 aromatic heterocycles. The van der Waals surface area contributed by atoms with E-state index < -0.39 is 17.9 Å². The summed E-state index contributed by atoms with van der Waals surface area (Å²) in [6.07, 6.45) is 0.674. The second-order valence-corrected chi connectivity index (χ2v) is 4.69. The van der Waals surface area contributed by atoms with Crippen LogP contribution in [0.4, 0.5) is 5.69 Å². The monoisotopic (exact) mass is 264 g/mol. The summed E-state index contributed by atoms with van der Waals surface area (Å²) in [6.45, 7) is 5.42. The number of nitrogen functional groups attached to an aromatic ring is 1. The first-order valence-corrected chi connectivity index (χ1v) is 6.27. The normalized spacial score (nSPS) is 13.6. The Morgan fingerprint density at radius 1 is 1.42 bits per heavy atom. The average Bonchev–Trinajstić information content (AvgIpc) is 2.37. The third-order valence-corrected chi connectivity index (χ3v) is 3.39. The van der Waals surface area contributed by atoms with Gasteiger partial charge in [-0.2, -0.15) is 0 Å². The third-order valence-electron chi connectivity index (χ3n) is 3.39. The van der Waals surface area contributed by atoms with Crippen molar-refractivity contribution < 1.29 is 14.7 Å². The molecule has 1 rings (SSSR count). The van der Waals surface area contributed by atoms with Gasteiger partial charge in [-0.05, 0) is 30.5 Å². The molecule has 5 nitrogen and oxygen atoms in total. The van der Waals surface area contributed by atoms with E-state index in [1.807, 2.05) is 6.92 Å². The highest BCUT2D eigenvalue weighted by Crippen LogP contribution is 2.16. The molecule has 1 aromatic carbocycles. The van der Waals surface area contributed by atoms with Crippen molar-refractivity contribution in [3.8, 4) is 0 Å². The van der Waals surface area contributed by atoms with Crippen LogP contribution in [-0.4, -0.2) is 23.0 Å². The number of anilines is 1. The van der Waals surface area contributed by atoms with E-state index in [2.05, 4.69) is 5.32 Å². The highest BCUT2D eigenvalue weighted by atomic mass is 16.4. The molecule has 104 valence electrons. The van der Waals surface area contributed by atoms with E-state index in [0.29, 0.717) is 23.2 Å². The zero-order chi connectivity index (χ0) is 14.6. The maximum atomic E-state index is 12.1. The molecular formula is C14H20N2O3. The van der Waals surface area contributed by atoms with Gasteiger partial charge in [-0.3, -0.25) is 4.79 Å². The van der Waals surface area contributed by atoms with Crippen LogP contribution in [0.1, 0.15) is 36.2 Å². The molecule has 0 aliphatic heterocycles. The van der Waals surface area contributed by atoms with Gasteiger partial charge in [0, 0.05) is 11.3 Å². The predicted octanol–water partition coefficient (Wildman–Crippen LogP) is 1.81. The van der Waals surface area contributed by atoms with E-state index in [1.54, 1.807) is 32.0 Å². The number of nitrogens with two attached hydrogens (primary N) is 1. The zero-order valence-electron chi connectivity index (χ0n) is 11.4. The minimum Gasteiger partial charge on any atom is -0.480 e. The summed E-state index contributed by atoms with van der Waals surface area (Å²) >= 11 is 0. The molecule has 0 heterocycles. The highest BCUT2D eigenvalue weighted by Gasteiger charge is 2.26. The number of carbonyl (C=O) groups excluding carboxylic acids is 1. The standard InChI is InChI=1S/C14H20N2O3/c1-4-8(2)12(14(18)19)16-13(17)10-6-5-7-11(15)9(10)3/h5-8,12H,4,15H2,1-3H3,(H,16,17)(H,18,19)/t8?,12-/m0/s1. The Hall–Kier alpha value is -2.04. The van der Waals surface area contributed by atoms with Crippen molar-refractivity contribution in [2.45, 2.75) is 33.2 Å². The van der Waals surface area contributed by atoms with Gasteiger partial charge < -0.3 is 16.2 Å². The fourth-order valence-corrected chi connectivity index (χ4v) is 1.80. The summed E-state index contributed by atoms with van der Waals surface area (Å²) in [5, 5.41) is 11.7. The molecular weight excluding hydrogens is 244 g/mol. The summed E-state index contributed by atoms with van der Waals surface area (Å²) < 4.78 is 0. The molecule has 0 aliphatic carbocycles. The first kappa shape index (κ1) is 15.0. The van der Waals surface area contributed by atoms with Gasteiger partial charge in [-0.15, -0.1) is 0 Å². The Kier molecular flexibility index (Phi) is 4.92. The summed E-state index contributed by atoms with van der Waals surface area (Å²) in [7, 11) is 0. The fraction of sp³-hybridized carbons (Fsp3) is 0.429. The van der Waals surface area contributed by atoms with Gasteiger partial charge in [0.1, 0.15) is 6.04 Å². The van der Waals surface area contributed by atoms with Gasteiger partial charge in [-0.25, -0.2) is 4.79 Å². The smallest absolute Gasteiger partial charge is 0.326 e. The molecule has 0 saturated carbocycles. The third kappa shape index (κ3) is 3.47. The van der Waals surface area contributed by atoms with Crippen molar-refractivity contribution in [3.63, 3.8) is 0 Å². The number of carbonyl (C=O) groups is 2. The second-order valence-electron chi connectivity index (χ2n) is 4.69. The number of rotatable bonds is 5. The van der Waals surface area contributed by atoms with E-state index in [1.165, 1.54) is 0 Å². The van der Waals surface area contributed by atoms with E-state index >= 15 is 0 Å². The van der Waals surface area contributed by atoms with Crippen LogP contribution in [0.3, 0.4) is 0 Å². The average molecular weight is 264 g/mol. The second kappa shape index (κ2) is 6.22. The molecule has 5 heteroatoms. The van der Waals surface area contributed by atoms with Gasteiger partial charge >= 0.3 is 5.97 Å². The van der Waals surface area contributed by atoms with Gasteiger partial charge in [0.25, 0.3) is 5.91 Å². The molecule has 2 atom stereocenters. The lowest BCUT2D eigenvalue weighted by atomic mass is 9.98. The van der Waals surface area contributed by atoms with Gasteiger partial charge in [-0.1, -0.05) is 26.3 Å². The van der Waals surface area contributed by atoms with E-state index in [9.17, 15) is 9.59 Å². The van der Waals surface area contributed by atoms with Crippen LogP contribution in [0.2, 0.25) is 0 Å². The summed E-state index contributed by atoms with van der Waals surface area (Å²) in [4.78, 5) is 23.3. The van der Waals surface area contributed by atoms with Gasteiger partial charge in [0.2, 0.25) is 0 Å². The molecule has 1 amide bonds. The molecule has 1 aromatic rings. The number of hydrogen-bond acceptors (Lipinski definition) is 3. The van der Waals surface area contributed by atoms with Crippen LogP contribution >= 0.6 is 0 Å². The van der Waals surface area contributed by atoms with Crippen molar-refractivity contribution in [1.29, 1.82) is 0 Å². The highest BCUT2D eigenvalue weighted by molar-refractivity contribution is 5.98. The summed E-state index contributed by atoms with van der Waals surface area (Å²) in [5.41, 5.74) is 7.33. The molecule has 4 N–H and O–H groups in total. The number of aliphatic carboxylic acids is 1. The molecule has 0 radical (unpaired) electrons. The minimum atomic E-state index is -1.02. The minimum absolute atomic E-state index is 0.136. The zero-order valence-corrected chi connectivity index (χ0v) is 11.4. The Labute approximate surface area is 112 Å². The molecule has 0 bridgehead atoms. The topological polar surface area (TPSA) is 92.4 Å². The number of benzene rings is 1. The summed E-state index contributed by atoms with van der Waals surface area (Å²) in [5.74, 6) is -1.57. The quantitative estimate of drug-likeness (QED) is 0.707. The lowest BCUT2D eigenvalue weighted by molar-refractivity contribution is -0.140. The van der Waals surface area contributed by atoms with Crippen LogP contribution in [0.15, 0.2) is 18.2 Å². The van der Waals surface area contributed by atoms with E-state index in [4.69, 9.17) is 10.8 Å². The number of carboxylic acids is 1. The lowest BCUT2D eigenvalue weighted by Gasteiger charge is -2.20. The molecule has 0 spiro atoms. The van der Waals surface area contributed by atoms with E-state index in [-0.39, 0.29) is 5.92 Å². The van der Waals surface area contributed by atoms with Crippen molar-refractivity contribution in [1.82, 2.24) is 5.32 Å².